The second kappa shape index (κ2) is 7.73. The number of amides is 1. The molecular formula is C13H13ClF3NO3S. The number of hydrogen-bond donors (Lipinski definition) is 1. The number of benzene rings is 1. The van der Waals surface area contributed by atoms with Crippen molar-refractivity contribution in [3.05, 3.63) is 28.8 Å². The predicted molar refractivity (Wildman–Crippen MR) is 79.0 cm³/mol. The summed E-state index contributed by atoms with van der Waals surface area (Å²) in [5.41, 5.74) is -1.05. The zero-order valence-corrected chi connectivity index (χ0v) is 13.2. The fourth-order valence-electron chi connectivity index (χ4n) is 1.39. The van der Waals surface area contributed by atoms with Gasteiger partial charge in [-0.15, -0.1) is 11.8 Å². The minimum Gasteiger partial charge on any atom is -0.468 e. The molecule has 1 N–H and O–H groups in total. The maximum absolute atomic E-state index is 12.7. The Bertz CT molecular complexity index is 566. The van der Waals surface area contributed by atoms with Crippen LogP contribution in [0.5, 0.6) is 0 Å². The quantitative estimate of drug-likeness (QED) is 0.820. The topological polar surface area (TPSA) is 55.4 Å². The van der Waals surface area contributed by atoms with Crippen LogP contribution in [-0.2, 0) is 20.5 Å². The van der Waals surface area contributed by atoms with E-state index in [2.05, 4.69) is 10.1 Å². The van der Waals surface area contributed by atoms with Crippen molar-refractivity contribution >= 4 is 40.9 Å². The summed E-state index contributed by atoms with van der Waals surface area (Å²) < 4.78 is 42.6. The predicted octanol–water partition coefficient (Wildman–Crippen LogP) is 3.59. The van der Waals surface area contributed by atoms with Crippen molar-refractivity contribution in [2.24, 2.45) is 0 Å². The number of esters is 1. The first kappa shape index (κ1) is 18.6. The molecule has 1 rings (SSSR count). The molecule has 1 atom stereocenters. The van der Waals surface area contributed by atoms with Gasteiger partial charge in [0.25, 0.3) is 0 Å². The van der Waals surface area contributed by atoms with E-state index in [-0.39, 0.29) is 11.4 Å². The number of ether oxygens (including phenoxy) is 1. The molecule has 0 bridgehead atoms. The largest absolute Gasteiger partial charge is 0.468 e. The number of anilines is 1. The van der Waals surface area contributed by atoms with Crippen LogP contribution in [0, 0.1) is 0 Å². The average molecular weight is 356 g/mol. The van der Waals surface area contributed by atoms with Gasteiger partial charge in [-0.25, -0.2) is 0 Å². The Balaban J connectivity index is 2.74. The van der Waals surface area contributed by atoms with E-state index >= 15 is 0 Å². The zero-order chi connectivity index (χ0) is 16.9. The molecule has 0 spiro atoms. The maximum Gasteiger partial charge on any atom is 0.417 e. The van der Waals surface area contributed by atoms with Crippen molar-refractivity contribution in [1.82, 2.24) is 0 Å². The van der Waals surface area contributed by atoms with Gasteiger partial charge in [-0.1, -0.05) is 11.6 Å². The van der Waals surface area contributed by atoms with Gasteiger partial charge >= 0.3 is 12.1 Å². The van der Waals surface area contributed by atoms with Gasteiger partial charge in [0.15, 0.2) is 0 Å². The van der Waals surface area contributed by atoms with Crippen molar-refractivity contribution in [2.75, 3.05) is 18.2 Å². The number of alkyl halides is 3. The molecule has 9 heteroatoms. The summed E-state index contributed by atoms with van der Waals surface area (Å²) >= 11 is 6.51. The molecule has 0 aliphatic carbocycles. The van der Waals surface area contributed by atoms with E-state index in [1.165, 1.54) is 20.1 Å². The lowest BCUT2D eigenvalue weighted by molar-refractivity contribution is -0.138. The maximum atomic E-state index is 12.7. The Morgan fingerprint density at radius 2 is 2.05 bits per heavy atom. The van der Waals surface area contributed by atoms with Crippen LogP contribution in [0.15, 0.2) is 18.2 Å². The van der Waals surface area contributed by atoms with E-state index in [0.717, 1.165) is 23.9 Å². The molecule has 0 aliphatic rings. The molecule has 0 saturated heterocycles. The van der Waals surface area contributed by atoms with Gasteiger partial charge in [-0.05, 0) is 25.1 Å². The second-order valence-corrected chi connectivity index (χ2v) is 5.95. The molecule has 0 aromatic heterocycles. The molecule has 0 aliphatic heterocycles. The van der Waals surface area contributed by atoms with Crippen molar-refractivity contribution in [3.8, 4) is 0 Å². The Hall–Kier alpha value is -1.41. The van der Waals surface area contributed by atoms with Gasteiger partial charge in [-0.2, -0.15) is 13.2 Å². The summed E-state index contributed by atoms with van der Waals surface area (Å²) in [6.45, 7) is 1.53. The monoisotopic (exact) mass is 355 g/mol. The third-order valence-electron chi connectivity index (χ3n) is 2.59. The minimum absolute atomic E-state index is 0.0211. The highest BCUT2D eigenvalue weighted by atomic mass is 35.5. The third-order valence-corrected chi connectivity index (χ3v) is 4.03. The SMILES string of the molecule is COC(=O)CSC(C)C(=O)Nc1ccc(Cl)c(C(F)(F)F)c1. The van der Waals surface area contributed by atoms with Crippen LogP contribution in [0.1, 0.15) is 12.5 Å². The summed E-state index contributed by atoms with van der Waals surface area (Å²) in [5.74, 6) is -1.04. The highest BCUT2D eigenvalue weighted by molar-refractivity contribution is 8.01. The Labute approximate surface area is 134 Å². The smallest absolute Gasteiger partial charge is 0.417 e. The van der Waals surface area contributed by atoms with Crippen molar-refractivity contribution in [3.63, 3.8) is 0 Å². The molecule has 1 aromatic rings. The van der Waals surface area contributed by atoms with Gasteiger partial charge in [0.05, 0.1) is 28.7 Å². The molecule has 1 aromatic carbocycles. The molecule has 4 nitrogen and oxygen atoms in total. The number of carbonyl (C=O) groups is 2. The van der Waals surface area contributed by atoms with E-state index in [4.69, 9.17) is 11.6 Å². The molecule has 0 fully saturated rings. The van der Waals surface area contributed by atoms with Gasteiger partial charge < -0.3 is 10.1 Å². The molecule has 1 amide bonds. The molecule has 0 saturated carbocycles. The zero-order valence-electron chi connectivity index (χ0n) is 11.7. The van der Waals surface area contributed by atoms with Crippen LogP contribution in [0.4, 0.5) is 18.9 Å². The van der Waals surface area contributed by atoms with Gasteiger partial charge in [0.2, 0.25) is 5.91 Å². The summed E-state index contributed by atoms with van der Waals surface area (Å²) in [4.78, 5) is 22.8. The first-order chi connectivity index (χ1) is 10.1. The first-order valence-corrected chi connectivity index (χ1v) is 7.44. The Morgan fingerprint density at radius 3 is 2.59 bits per heavy atom. The van der Waals surface area contributed by atoms with Gasteiger partial charge in [-0.3, -0.25) is 9.59 Å². The fraction of sp³-hybridized carbons (Fsp3) is 0.385. The minimum atomic E-state index is -4.61. The third kappa shape index (κ3) is 5.42. The Kier molecular flexibility index (Phi) is 6.55. The van der Waals surface area contributed by atoms with Crippen molar-refractivity contribution < 1.29 is 27.5 Å². The number of carbonyl (C=O) groups excluding carboxylic acids is 2. The average Bonchev–Trinajstić information content (AvgIpc) is 2.44. The lowest BCUT2D eigenvalue weighted by Crippen LogP contribution is -2.24. The van der Waals surface area contributed by atoms with Gasteiger partial charge in [0.1, 0.15) is 0 Å². The summed E-state index contributed by atoms with van der Waals surface area (Å²) in [7, 11) is 1.22. The van der Waals surface area contributed by atoms with Crippen molar-refractivity contribution in [2.45, 2.75) is 18.3 Å². The van der Waals surface area contributed by atoms with E-state index in [1.54, 1.807) is 0 Å². The number of hydrogen-bond acceptors (Lipinski definition) is 4. The lowest BCUT2D eigenvalue weighted by atomic mass is 10.2. The molecule has 0 heterocycles. The number of halogens is 4. The number of thioether (sulfide) groups is 1. The fourth-order valence-corrected chi connectivity index (χ4v) is 2.33. The summed E-state index contributed by atoms with van der Waals surface area (Å²) in [5, 5.41) is 1.27. The van der Waals surface area contributed by atoms with Crippen LogP contribution < -0.4 is 5.32 Å². The number of nitrogens with one attached hydrogen (secondary N) is 1. The number of methoxy groups -OCH3 is 1. The first-order valence-electron chi connectivity index (χ1n) is 6.01. The van der Waals surface area contributed by atoms with Crippen LogP contribution >= 0.6 is 23.4 Å². The highest BCUT2D eigenvalue weighted by Gasteiger charge is 2.33. The Morgan fingerprint density at radius 1 is 1.41 bits per heavy atom. The normalized spacial score (nSPS) is 12.6. The van der Waals surface area contributed by atoms with Crippen LogP contribution in [0.2, 0.25) is 5.02 Å². The standard InChI is InChI=1S/C13H13ClF3NO3S/c1-7(22-6-11(19)21-2)12(20)18-8-3-4-10(14)9(5-8)13(15,16)17/h3-5,7H,6H2,1-2H3,(H,18,20). The lowest BCUT2D eigenvalue weighted by Gasteiger charge is -2.14. The van der Waals surface area contributed by atoms with Crippen molar-refractivity contribution in [1.29, 1.82) is 0 Å². The number of rotatable bonds is 5. The van der Waals surface area contributed by atoms with E-state index < -0.39 is 33.9 Å². The summed E-state index contributed by atoms with van der Waals surface area (Å²) in [6.07, 6.45) is -4.61. The molecule has 122 valence electrons. The van der Waals surface area contributed by atoms with Crippen LogP contribution in [-0.4, -0.2) is 30.0 Å². The van der Waals surface area contributed by atoms with E-state index in [0.29, 0.717) is 0 Å². The second-order valence-electron chi connectivity index (χ2n) is 4.21. The summed E-state index contributed by atoms with van der Waals surface area (Å²) in [6, 6.07) is 3.09. The van der Waals surface area contributed by atoms with Crippen LogP contribution in [0.3, 0.4) is 0 Å². The molecule has 22 heavy (non-hydrogen) atoms. The van der Waals surface area contributed by atoms with Crippen LogP contribution in [0.25, 0.3) is 0 Å². The van der Waals surface area contributed by atoms with E-state index in [1.807, 2.05) is 0 Å². The molecular weight excluding hydrogens is 343 g/mol. The van der Waals surface area contributed by atoms with Gasteiger partial charge in [0, 0.05) is 5.69 Å². The van der Waals surface area contributed by atoms with E-state index in [9.17, 15) is 22.8 Å². The molecule has 1 unspecified atom stereocenters. The highest BCUT2D eigenvalue weighted by Crippen LogP contribution is 2.36. The molecule has 0 radical (unpaired) electrons.